The molecule has 0 saturated carbocycles. The molecule has 0 spiro atoms. The molecule has 0 bridgehead atoms. The summed E-state index contributed by atoms with van der Waals surface area (Å²) in [5.74, 6) is 1.60. The van der Waals surface area contributed by atoms with E-state index in [0.29, 0.717) is 5.02 Å². The Kier molecular flexibility index (Phi) is 15.4. The zero-order chi connectivity index (χ0) is 31.1. The Morgan fingerprint density at radius 2 is 1.74 bits per heavy atom. The minimum absolute atomic E-state index is 0.118. The molecule has 0 unspecified atom stereocenters. The molecule has 1 fully saturated rings. The lowest BCUT2D eigenvalue weighted by Gasteiger charge is -2.30. The average molecular weight is 590 g/mol. The van der Waals surface area contributed by atoms with Crippen molar-refractivity contribution in [1.82, 2.24) is 10.2 Å². The summed E-state index contributed by atoms with van der Waals surface area (Å²) in [6, 6.07) is 14.3. The predicted molar refractivity (Wildman–Crippen MR) is 186 cm³/mol. The molecule has 0 aliphatic carbocycles. The first-order chi connectivity index (χ1) is 20.0. The average Bonchev–Trinajstić information content (AvgIpc) is 2.97. The highest BCUT2D eigenvalue weighted by Gasteiger charge is 2.15. The number of rotatable bonds is 11. The molecule has 0 amide bonds. The second kappa shape index (κ2) is 18.5. The molecule has 1 aliphatic rings. The number of nitrogens with zero attached hydrogens (tertiary/aromatic N) is 2. The largest absolute Gasteiger partial charge is 0.489 e. The summed E-state index contributed by atoms with van der Waals surface area (Å²) in [6.45, 7) is 25.1. The topological polar surface area (TPSA) is 36.9 Å². The molecule has 228 valence electrons. The third-order valence-corrected chi connectivity index (χ3v) is 7.60. The molecule has 3 rings (SSSR count). The molecule has 1 saturated heterocycles. The van der Waals surface area contributed by atoms with Crippen LogP contribution in [0.2, 0.25) is 5.02 Å². The van der Waals surface area contributed by atoms with Crippen LogP contribution in [0.15, 0.2) is 83.9 Å². The van der Waals surface area contributed by atoms with E-state index in [4.69, 9.17) is 21.3 Å². The molecule has 2 aromatic rings. The maximum absolute atomic E-state index is 6.28. The highest BCUT2D eigenvalue weighted by Crippen LogP contribution is 2.28. The molecule has 2 aromatic carbocycles. The van der Waals surface area contributed by atoms with Gasteiger partial charge >= 0.3 is 0 Å². The van der Waals surface area contributed by atoms with Crippen LogP contribution in [0.5, 0.6) is 5.75 Å². The van der Waals surface area contributed by atoms with E-state index >= 15 is 0 Å². The van der Waals surface area contributed by atoms with Gasteiger partial charge in [0.1, 0.15) is 5.75 Å². The van der Waals surface area contributed by atoms with Crippen LogP contribution in [-0.4, -0.2) is 42.9 Å². The van der Waals surface area contributed by atoms with Crippen molar-refractivity contribution in [3.8, 4) is 5.75 Å². The van der Waals surface area contributed by atoms with E-state index in [9.17, 15) is 0 Å². The summed E-state index contributed by atoms with van der Waals surface area (Å²) in [5.41, 5.74) is 7.60. The van der Waals surface area contributed by atoms with Gasteiger partial charge in [-0.1, -0.05) is 79.2 Å². The monoisotopic (exact) mass is 589 g/mol. The lowest BCUT2D eigenvalue weighted by Crippen LogP contribution is -2.37. The van der Waals surface area contributed by atoms with E-state index in [1.165, 1.54) is 37.1 Å². The zero-order valence-corrected chi connectivity index (χ0v) is 27.9. The lowest BCUT2D eigenvalue weighted by molar-refractivity contribution is 0.195. The van der Waals surface area contributed by atoms with Gasteiger partial charge in [-0.3, -0.25) is 4.99 Å². The van der Waals surface area contributed by atoms with Gasteiger partial charge in [0, 0.05) is 24.5 Å². The van der Waals surface area contributed by atoms with Crippen LogP contribution >= 0.6 is 11.6 Å². The van der Waals surface area contributed by atoms with Crippen LogP contribution in [-0.2, 0) is 0 Å². The highest BCUT2D eigenvalue weighted by molar-refractivity contribution is 6.32. The number of piperidine rings is 1. The fourth-order valence-electron chi connectivity index (χ4n) is 4.44. The molecule has 1 N–H and O–H groups in total. The van der Waals surface area contributed by atoms with Crippen LogP contribution < -0.4 is 10.1 Å². The van der Waals surface area contributed by atoms with E-state index in [-0.39, 0.29) is 6.10 Å². The second-order valence-electron chi connectivity index (χ2n) is 11.4. The quantitative estimate of drug-likeness (QED) is 0.209. The van der Waals surface area contributed by atoms with Crippen molar-refractivity contribution in [3.05, 3.63) is 101 Å². The molecule has 0 atom stereocenters. The summed E-state index contributed by atoms with van der Waals surface area (Å²) >= 11 is 6.28. The SMILES string of the molecule is C=C(NCCN1CCC(C)CC1)c1ccc(OC(C)C)c(Cl)c1.C\C=C/C=C(C)\C(C)=N\C(=C/C)c1ccc(C)cc1. The third kappa shape index (κ3) is 12.4. The molecule has 1 heterocycles. The van der Waals surface area contributed by atoms with Crippen LogP contribution in [0.25, 0.3) is 11.4 Å². The van der Waals surface area contributed by atoms with Crippen LogP contribution in [0, 0.1) is 12.8 Å². The van der Waals surface area contributed by atoms with Gasteiger partial charge in [0.05, 0.1) is 16.8 Å². The molecular formula is C37H52ClN3O. The Balaban J connectivity index is 0.000000299. The number of aryl methyl sites for hydroxylation is 1. The van der Waals surface area contributed by atoms with Crippen molar-refractivity contribution in [3.63, 3.8) is 0 Å². The number of nitrogens with one attached hydrogen (secondary N) is 1. The fraction of sp³-hybridized carbons (Fsp3) is 0.432. The number of ether oxygens (including phenoxy) is 1. The van der Waals surface area contributed by atoms with Crippen molar-refractivity contribution in [2.45, 2.75) is 74.3 Å². The number of aliphatic imine (C=N–C) groups is 1. The Bertz CT molecular complexity index is 1250. The Hall–Kier alpha value is -3.08. The standard InChI is InChI=1S/C19H29ClN2O.C18H23N/c1-14(2)23-19-6-5-17(13-18(19)20)16(4)21-9-12-22-10-7-15(3)8-11-22;1-6-8-9-15(4)16(5)19-18(7-2)17-12-10-14(3)11-13-17/h5-6,13-15,21H,4,7-12H2,1-3H3;6-13H,1-5H3/b;8-6-,15-9-,18-7-,19-16+. The van der Waals surface area contributed by atoms with E-state index in [1.807, 2.05) is 65.0 Å². The zero-order valence-electron chi connectivity index (χ0n) is 27.1. The molecular weight excluding hydrogens is 538 g/mol. The molecule has 0 radical (unpaired) electrons. The summed E-state index contributed by atoms with van der Waals surface area (Å²) in [6.07, 6.45) is 10.9. The number of halogens is 1. The number of hydrogen-bond donors (Lipinski definition) is 1. The number of likely N-dealkylation sites (tertiary alicyclic amines) is 1. The minimum Gasteiger partial charge on any atom is -0.489 e. The van der Waals surface area contributed by atoms with Gasteiger partial charge in [0.2, 0.25) is 0 Å². The molecule has 1 aliphatic heterocycles. The number of benzene rings is 2. The summed E-state index contributed by atoms with van der Waals surface area (Å²) in [5, 5.41) is 4.04. The normalized spacial score (nSPS) is 15.5. The maximum Gasteiger partial charge on any atom is 0.138 e. The van der Waals surface area contributed by atoms with Crippen molar-refractivity contribution in [2.75, 3.05) is 26.2 Å². The first-order valence-corrected chi connectivity index (χ1v) is 15.6. The van der Waals surface area contributed by atoms with Gasteiger partial charge in [-0.2, -0.15) is 0 Å². The van der Waals surface area contributed by atoms with Crippen LogP contribution in [0.1, 0.15) is 78.0 Å². The minimum atomic E-state index is 0.118. The van der Waals surface area contributed by atoms with Crippen molar-refractivity contribution in [1.29, 1.82) is 0 Å². The number of hydrogen-bond acceptors (Lipinski definition) is 4. The molecule has 42 heavy (non-hydrogen) atoms. The Morgan fingerprint density at radius 3 is 2.31 bits per heavy atom. The van der Waals surface area contributed by atoms with Gasteiger partial charge in [-0.25, -0.2) is 0 Å². The van der Waals surface area contributed by atoms with Gasteiger partial charge in [-0.05, 0) is 115 Å². The number of allylic oxidation sites excluding steroid dienone is 5. The lowest BCUT2D eigenvalue weighted by atomic mass is 9.99. The van der Waals surface area contributed by atoms with Crippen molar-refractivity contribution < 1.29 is 4.74 Å². The summed E-state index contributed by atoms with van der Waals surface area (Å²) < 4.78 is 5.66. The Labute approximate surface area is 260 Å². The van der Waals surface area contributed by atoms with Gasteiger partial charge < -0.3 is 15.0 Å². The van der Waals surface area contributed by atoms with E-state index in [1.54, 1.807) is 0 Å². The van der Waals surface area contributed by atoms with Crippen molar-refractivity contribution in [2.24, 2.45) is 10.9 Å². The predicted octanol–water partition coefficient (Wildman–Crippen LogP) is 9.76. The van der Waals surface area contributed by atoms with Gasteiger partial charge in [0.15, 0.2) is 0 Å². The van der Waals surface area contributed by atoms with E-state index in [2.05, 4.69) is 74.0 Å². The molecule has 5 heteroatoms. The fourth-order valence-corrected chi connectivity index (χ4v) is 4.67. The first-order valence-electron chi connectivity index (χ1n) is 15.2. The second-order valence-corrected chi connectivity index (χ2v) is 11.8. The smallest absolute Gasteiger partial charge is 0.138 e. The van der Waals surface area contributed by atoms with E-state index in [0.717, 1.165) is 53.0 Å². The van der Waals surface area contributed by atoms with Crippen LogP contribution in [0.3, 0.4) is 0 Å². The third-order valence-electron chi connectivity index (χ3n) is 7.30. The molecule has 0 aromatic heterocycles. The van der Waals surface area contributed by atoms with Crippen molar-refractivity contribution >= 4 is 28.7 Å². The highest BCUT2D eigenvalue weighted by atomic mass is 35.5. The maximum atomic E-state index is 6.28. The van der Waals surface area contributed by atoms with Gasteiger partial charge in [0.25, 0.3) is 0 Å². The van der Waals surface area contributed by atoms with Crippen LogP contribution in [0.4, 0.5) is 0 Å². The van der Waals surface area contributed by atoms with Gasteiger partial charge in [-0.15, -0.1) is 0 Å². The molecule has 4 nitrogen and oxygen atoms in total. The first kappa shape index (κ1) is 35.1. The summed E-state index contributed by atoms with van der Waals surface area (Å²) in [4.78, 5) is 7.24. The Morgan fingerprint density at radius 1 is 1.10 bits per heavy atom. The van der Waals surface area contributed by atoms with E-state index < -0.39 is 0 Å². The summed E-state index contributed by atoms with van der Waals surface area (Å²) in [7, 11) is 0.